The van der Waals surface area contributed by atoms with Crippen LogP contribution >= 0.6 is 0 Å². The van der Waals surface area contributed by atoms with Gasteiger partial charge in [0, 0.05) is 24.5 Å². The second kappa shape index (κ2) is 11.2. The molecule has 1 aliphatic heterocycles. The largest absolute Gasteiger partial charge is 0.392 e. The van der Waals surface area contributed by atoms with Crippen LogP contribution in [0.5, 0.6) is 0 Å². The summed E-state index contributed by atoms with van der Waals surface area (Å²) >= 11 is 0. The predicted octanol–water partition coefficient (Wildman–Crippen LogP) is 4.81. The molecule has 1 aromatic carbocycles. The van der Waals surface area contributed by atoms with E-state index in [2.05, 4.69) is 20.0 Å². The number of aromatic nitrogens is 2. The maximum atomic E-state index is 13.9. The van der Waals surface area contributed by atoms with Crippen LogP contribution in [0.1, 0.15) is 55.0 Å². The Hall–Kier alpha value is -3.30. The topological polar surface area (TPSA) is 70.8 Å². The molecule has 1 fully saturated rings. The number of benzene rings is 1. The average molecular weight is 499 g/mol. The quantitative estimate of drug-likeness (QED) is 0.274. The molecular weight excluding hydrogens is 469 g/mol. The van der Waals surface area contributed by atoms with Gasteiger partial charge in [-0.15, -0.1) is 0 Å². The fourth-order valence-corrected chi connectivity index (χ4v) is 4.12. The minimum absolute atomic E-state index is 0.0812. The smallest absolute Gasteiger partial charge is 0.212 e. The van der Waals surface area contributed by atoms with Gasteiger partial charge in [-0.05, 0) is 87.2 Å². The highest BCUT2D eigenvalue weighted by atomic mass is 19.2. The minimum Gasteiger partial charge on any atom is -0.392 e. The monoisotopic (exact) mass is 498 g/mol. The van der Waals surface area contributed by atoms with Crippen LogP contribution in [0, 0.1) is 17.6 Å². The Morgan fingerprint density at radius 1 is 1.03 bits per heavy atom. The van der Waals surface area contributed by atoms with Crippen molar-refractivity contribution in [3.8, 4) is 0 Å². The van der Waals surface area contributed by atoms with E-state index in [0.717, 1.165) is 49.2 Å². The zero-order chi connectivity index (χ0) is 25.7. The summed E-state index contributed by atoms with van der Waals surface area (Å²) in [4.78, 5) is 15.9. The molecule has 9 heteroatoms. The second-order valence-electron chi connectivity index (χ2n) is 9.67. The highest BCUT2D eigenvalue weighted by molar-refractivity contribution is 6.11. The van der Waals surface area contributed by atoms with Crippen LogP contribution in [0.4, 0.5) is 13.2 Å². The first kappa shape index (κ1) is 25.8. The van der Waals surface area contributed by atoms with Gasteiger partial charge in [0.25, 0.3) is 0 Å². The van der Waals surface area contributed by atoms with E-state index in [0.29, 0.717) is 23.7 Å². The van der Waals surface area contributed by atoms with Gasteiger partial charge in [0.2, 0.25) is 5.95 Å². The molecule has 0 amide bonds. The molecule has 0 spiro atoms. The predicted molar refractivity (Wildman–Crippen MR) is 130 cm³/mol. The lowest BCUT2D eigenvalue weighted by Gasteiger charge is -2.32. The third kappa shape index (κ3) is 6.89. The van der Waals surface area contributed by atoms with Crippen LogP contribution in [0.25, 0.3) is 0 Å². The van der Waals surface area contributed by atoms with E-state index in [1.165, 1.54) is 12.1 Å². The van der Waals surface area contributed by atoms with Crippen molar-refractivity contribution in [1.82, 2.24) is 14.9 Å². The van der Waals surface area contributed by atoms with E-state index in [-0.39, 0.29) is 12.3 Å². The van der Waals surface area contributed by atoms with Gasteiger partial charge in [0.15, 0.2) is 11.6 Å². The summed E-state index contributed by atoms with van der Waals surface area (Å²) in [6, 6.07) is 10.4. The second-order valence-corrected chi connectivity index (χ2v) is 9.67. The third-order valence-electron chi connectivity index (χ3n) is 6.05. The highest BCUT2D eigenvalue weighted by Crippen LogP contribution is 2.28. The highest BCUT2D eigenvalue weighted by Gasteiger charge is 2.21. The van der Waals surface area contributed by atoms with Gasteiger partial charge in [-0.2, -0.15) is 4.39 Å². The molecule has 4 rings (SSSR count). The summed E-state index contributed by atoms with van der Waals surface area (Å²) in [5.74, 6) is -2.06. The SMILES string of the molecule is CC(C)(O)CO/N=C(\c1ccc(F)c(F)c1)c1ccc(CN2CCC(c3ccc(F)nc3)CC2)cn1. The molecule has 2 aromatic heterocycles. The summed E-state index contributed by atoms with van der Waals surface area (Å²) in [7, 11) is 0. The zero-order valence-electron chi connectivity index (χ0n) is 20.3. The average Bonchev–Trinajstić information content (AvgIpc) is 2.85. The Balaban J connectivity index is 1.43. The third-order valence-corrected chi connectivity index (χ3v) is 6.05. The Morgan fingerprint density at radius 2 is 1.81 bits per heavy atom. The maximum Gasteiger partial charge on any atom is 0.212 e. The van der Waals surface area contributed by atoms with Gasteiger partial charge >= 0.3 is 0 Å². The van der Waals surface area contributed by atoms with E-state index in [4.69, 9.17) is 4.84 Å². The number of halogens is 3. The summed E-state index contributed by atoms with van der Waals surface area (Å²) in [6.07, 6.45) is 5.28. The lowest BCUT2D eigenvalue weighted by atomic mass is 9.90. The molecule has 6 nitrogen and oxygen atoms in total. The zero-order valence-corrected chi connectivity index (χ0v) is 20.3. The van der Waals surface area contributed by atoms with Crippen molar-refractivity contribution in [2.24, 2.45) is 5.16 Å². The summed E-state index contributed by atoms with van der Waals surface area (Å²) < 4.78 is 40.4. The van der Waals surface area contributed by atoms with Crippen molar-refractivity contribution < 1.29 is 23.1 Å². The van der Waals surface area contributed by atoms with Crippen molar-refractivity contribution in [3.63, 3.8) is 0 Å². The first-order chi connectivity index (χ1) is 17.2. The van der Waals surface area contributed by atoms with E-state index in [1.807, 2.05) is 12.1 Å². The van der Waals surface area contributed by atoms with Gasteiger partial charge in [0.1, 0.15) is 12.3 Å². The van der Waals surface area contributed by atoms with Crippen molar-refractivity contribution in [1.29, 1.82) is 0 Å². The molecule has 0 radical (unpaired) electrons. The molecule has 1 saturated heterocycles. The van der Waals surface area contributed by atoms with Crippen LogP contribution in [0.15, 0.2) is 60.0 Å². The fraction of sp³-hybridized carbons (Fsp3) is 0.370. The normalized spacial score (nSPS) is 15.8. The van der Waals surface area contributed by atoms with Crippen molar-refractivity contribution in [3.05, 3.63) is 94.8 Å². The van der Waals surface area contributed by atoms with Crippen LogP contribution in [-0.2, 0) is 11.4 Å². The minimum atomic E-state index is -1.11. The van der Waals surface area contributed by atoms with Crippen LogP contribution in [0.2, 0.25) is 0 Å². The van der Waals surface area contributed by atoms with E-state index < -0.39 is 23.2 Å². The Labute approximate surface area is 208 Å². The number of nitrogens with zero attached hydrogens (tertiary/aromatic N) is 4. The molecule has 0 atom stereocenters. The van der Waals surface area contributed by atoms with Gasteiger partial charge in [-0.3, -0.25) is 9.88 Å². The molecule has 190 valence electrons. The molecule has 1 N–H and O–H groups in total. The molecule has 0 unspecified atom stereocenters. The number of oxime groups is 1. The van der Waals surface area contributed by atoms with E-state index in [9.17, 15) is 18.3 Å². The lowest BCUT2D eigenvalue weighted by Crippen LogP contribution is -2.32. The fourth-order valence-electron chi connectivity index (χ4n) is 4.12. The number of likely N-dealkylation sites (tertiary alicyclic amines) is 1. The van der Waals surface area contributed by atoms with Crippen molar-refractivity contribution >= 4 is 5.71 Å². The molecule has 0 saturated carbocycles. The summed E-state index contributed by atoms with van der Waals surface area (Å²) in [5, 5.41) is 14.0. The van der Waals surface area contributed by atoms with E-state index in [1.54, 1.807) is 32.3 Å². The summed E-state index contributed by atoms with van der Waals surface area (Å²) in [6.45, 7) is 5.58. The number of hydrogen-bond donors (Lipinski definition) is 1. The molecule has 0 bridgehead atoms. The van der Waals surface area contributed by atoms with Crippen LogP contribution in [-0.4, -0.2) is 51.0 Å². The first-order valence-corrected chi connectivity index (χ1v) is 11.8. The number of pyridine rings is 2. The van der Waals surface area contributed by atoms with Gasteiger partial charge in [0.05, 0.1) is 11.3 Å². The number of hydrogen-bond acceptors (Lipinski definition) is 6. The van der Waals surface area contributed by atoms with Crippen molar-refractivity contribution in [2.75, 3.05) is 19.7 Å². The molecule has 1 aliphatic rings. The summed E-state index contributed by atoms with van der Waals surface area (Å²) in [5.41, 5.74) is 1.94. The first-order valence-electron chi connectivity index (χ1n) is 11.8. The number of piperidine rings is 1. The van der Waals surface area contributed by atoms with Crippen LogP contribution < -0.4 is 0 Å². The molecule has 3 heterocycles. The molecule has 36 heavy (non-hydrogen) atoms. The number of aliphatic hydroxyl groups is 1. The van der Waals surface area contributed by atoms with Gasteiger partial charge < -0.3 is 9.94 Å². The standard InChI is InChI=1S/C27H29F3N4O2/c1-27(2,35)17-36-33-26(20-4-6-22(28)23(29)13-20)24-7-3-18(14-31-24)16-34-11-9-19(10-12-34)21-5-8-25(30)32-15-21/h3-8,13-15,19,35H,9-12,16-17H2,1-2H3/b33-26+. The van der Waals surface area contributed by atoms with Crippen molar-refractivity contribution in [2.45, 2.75) is 44.8 Å². The lowest BCUT2D eigenvalue weighted by molar-refractivity contribution is -0.0189. The van der Waals surface area contributed by atoms with Crippen LogP contribution in [0.3, 0.4) is 0 Å². The molecular formula is C27H29F3N4O2. The van der Waals surface area contributed by atoms with Gasteiger partial charge in [-0.25, -0.2) is 13.8 Å². The Kier molecular flexibility index (Phi) is 8.01. The van der Waals surface area contributed by atoms with Gasteiger partial charge in [-0.1, -0.05) is 17.3 Å². The van der Waals surface area contributed by atoms with E-state index >= 15 is 0 Å². The number of rotatable bonds is 8. The Morgan fingerprint density at radius 3 is 2.42 bits per heavy atom. The molecule has 3 aromatic rings. The maximum absolute atomic E-state index is 13.9. The Bertz CT molecular complexity index is 1190. The molecule has 0 aliphatic carbocycles.